The minimum atomic E-state index is -1.24. The van der Waals surface area contributed by atoms with E-state index >= 15 is 0 Å². The summed E-state index contributed by atoms with van der Waals surface area (Å²) in [5.41, 5.74) is 0.680. The van der Waals surface area contributed by atoms with Crippen LogP contribution in [-0.2, 0) is 6.42 Å². The van der Waals surface area contributed by atoms with Crippen LogP contribution in [0.4, 0.5) is 0 Å². The second kappa shape index (κ2) is 7.28. The summed E-state index contributed by atoms with van der Waals surface area (Å²) in [5.74, 6) is -3.35. The van der Waals surface area contributed by atoms with E-state index in [0.29, 0.717) is 6.42 Å². The maximum Gasteiger partial charge on any atom is 0.335 e. The highest BCUT2D eigenvalue weighted by molar-refractivity contribution is 5.94. The van der Waals surface area contributed by atoms with E-state index in [1.165, 1.54) is 24.3 Å². The molecule has 2 aromatic carbocycles. The standard InChI is InChI=1S/C17H14O7/c18-15(19)11-3-1-10(2-4-11)5-6-24-14-8-12(16(20)21)7-13(9-14)17(22)23/h1-4,7-9H,5-6H2,(H,18,19)(H,20,21)(H,22,23). The van der Waals surface area contributed by atoms with E-state index in [1.807, 2.05) is 0 Å². The van der Waals surface area contributed by atoms with Crippen LogP contribution >= 0.6 is 0 Å². The van der Waals surface area contributed by atoms with Crippen LogP contribution in [0.3, 0.4) is 0 Å². The Hall–Kier alpha value is -3.35. The molecule has 7 heteroatoms. The molecule has 0 aliphatic rings. The van der Waals surface area contributed by atoms with Gasteiger partial charge in [-0.1, -0.05) is 12.1 Å². The SMILES string of the molecule is O=C(O)c1ccc(CCOc2cc(C(=O)O)cc(C(=O)O)c2)cc1. The fourth-order valence-corrected chi connectivity index (χ4v) is 2.03. The lowest BCUT2D eigenvalue weighted by atomic mass is 10.1. The molecular formula is C17H14O7. The second-order valence-corrected chi connectivity index (χ2v) is 4.96. The monoisotopic (exact) mass is 330 g/mol. The Morgan fingerprint density at radius 2 is 1.25 bits per heavy atom. The molecular weight excluding hydrogens is 316 g/mol. The molecule has 0 aliphatic carbocycles. The summed E-state index contributed by atoms with van der Waals surface area (Å²) in [7, 11) is 0. The number of hydrogen-bond donors (Lipinski definition) is 3. The molecule has 3 N–H and O–H groups in total. The third kappa shape index (κ3) is 4.33. The molecule has 0 amide bonds. The van der Waals surface area contributed by atoms with Crippen molar-refractivity contribution in [1.82, 2.24) is 0 Å². The average Bonchev–Trinajstić information content (AvgIpc) is 2.55. The number of carboxylic acid groups (broad SMARTS) is 3. The van der Waals surface area contributed by atoms with Gasteiger partial charge in [0.25, 0.3) is 0 Å². The molecule has 0 spiro atoms. The van der Waals surface area contributed by atoms with Crippen LogP contribution in [0.25, 0.3) is 0 Å². The first-order chi connectivity index (χ1) is 11.4. The van der Waals surface area contributed by atoms with Gasteiger partial charge in [-0.3, -0.25) is 0 Å². The minimum absolute atomic E-state index is 0.148. The van der Waals surface area contributed by atoms with Gasteiger partial charge in [-0.2, -0.15) is 0 Å². The van der Waals surface area contributed by atoms with E-state index < -0.39 is 17.9 Å². The number of rotatable bonds is 7. The summed E-state index contributed by atoms with van der Waals surface area (Å²) in [4.78, 5) is 32.8. The zero-order valence-electron chi connectivity index (χ0n) is 12.4. The minimum Gasteiger partial charge on any atom is -0.493 e. The number of carbonyl (C=O) groups is 3. The van der Waals surface area contributed by atoms with Gasteiger partial charge in [0.05, 0.1) is 23.3 Å². The van der Waals surface area contributed by atoms with E-state index in [9.17, 15) is 14.4 Å². The summed E-state index contributed by atoms with van der Waals surface area (Å²) in [5, 5.41) is 26.8. The Morgan fingerprint density at radius 1 is 0.750 bits per heavy atom. The first-order valence-corrected chi connectivity index (χ1v) is 6.93. The zero-order chi connectivity index (χ0) is 17.7. The largest absolute Gasteiger partial charge is 0.493 e. The van der Waals surface area contributed by atoms with Gasteiger partial charge < -0.3 is 20.1 Å². The van der Waals surface area contributed by atoms with Gasteiger partial charge >= 0.3 is 17.9 Å². The van der Waals surface area contributed by atoms with Crippen LogP contribution in [0.5, 0.6) is 5.75 Å². The molecule has 7 nitrogen and oxygen atoms in total. The quantitative estimate of drug-likeness (QED) is 0.712. The van der Waals surface area contributed by atoms with E-state index in [1.54, 1.807) is 12.1 Å². The lowest BCUT2D eigenvalue weighted by Gasteiger charge is -2.09. The third-order valence-corrected chi connectivity index (χ3v) is 3.26. The van der Waals surface area contributed by atoms with E-state index in [2.05, 4.69) is 0 Å². The molecule has 0 heterocycles. The molecule has 0 bridgehead atoms. The highest BCUT2D eigenvalue weighted by Gasteiger charge is 2.12. The molecule has 0 unspecified atom stereocenters. The Labute approximate surface area is 136 Å². The maximum atomic E-state index is 11.0. The van der Waals surface area contributed by atoms with Crippen molar-refractivity contribution in [2.45, 2.75) is 6.42 Å². The average molecular weight is 330 g/mol. The molecule has 0 atom stereocenters. The predicted molar refractivity (Wildman–Crippen MR) is 83.0 cm³/mol. The molecule has 0 aliphatic heterocycles. The molecule has 0 aromatic heterocycles. The Kier molecular flexibility index (Phi) is 5.16. The van der Waals surface area contributed by atoms with Crippen molar-refractivity contribution in [1.29, 1.82) is 0 Å². The normalized spacial score (nSPS) is 10.2. The molecule has 0 saturated carbocycles. The van der Waals surface area contributed by atoms with Crippen LogP contribution in [0.15, 0.2) is 42.5 Å². The Balaban J connectivity index is 2.04. The smallest absolute Gasteiger partial charge is 0.335 e. The van der Waals surface area contributed by atoms with Crippen molar-refractivity contribution < 1.29 is 34.4 Å². The molecule has 24 heavy (non-hydrogen) atoms. The van der Waals surface area contributed by atoms with E-state index in [0.717, 1.165) is 11.6 Å². The Bertz CT molecular complexity index is 746. The fourth-order valence-electron chi connectivity index (χ4n) is 2.03. The zero-order valence-corrected chi connectivity index (χ0v) is 12.4. The van der Waals surface area contributed by atoms with Crippen LogP contribution in [0.1, 0.15) is 36.6 Å². The molecule has 0 radical (unpaired) electrons. The van der Waals surface area contributed by atoms with Gasteiger partial charge in [-0.05, 0) is 35.9 Å². The maximum absolute atomic E-state index is 11.0. The van der Waals surface area contributed by atoms with Gasteiger partial charge in [-0.15, -0.1) is 0 Å². The number of carboxylic acids is 3. The molecule has 0 fully saturated rings. The fraction of sp³-hybridized carbons (Fsp3) is 0.118. The van der Waals surface area contributed by atoms with Crippen LogP contribution in [0, 0.1) is 0 Å². The molecule has 0 saturated heterocycles. The van der Waals surface area contributed by atoms with Gasteiger partial charge in [0.15, 0.2) is 0 Å². The Morgan fingerprint density at radius 3 is 1.71 bits per heavy atom. The van der Waals surface area contributed by atoms with Crippen molar-refractivity contribution >= 4 is 17.9 Å². The first-order valence-electron chi connectivity index (χ1n) is 6.93. The number of aromatic carboxylic acids is 3. The van der Waals surface area contributed by atoms with Crippen molar-refractivity contribution in [2.24, 2.45) is 0 Å². The summed E-state index contributed by atoms with van der Waals surface area (Å²) >= 11 is 0. The lowest BCUT2D eigenvalue weighted by Crippen LogP contribution is -2.06. The van der Waals surface area contributed by atoms with Gasteiger partial charge in [0.2, 0.25) is 0 Å². The van der Waals surface area contributed by atoms with Crippen LogP contribution in [0.2, 0.25) is 0 Å². The lowest BCUT2D eigenvalue weighted by molar-refractivity contribution is 0.0681. The number of hydrogen-bond acceptors (Lipinski definition) is 4. The summed E-state index contributed by atoms with van der Waals surface area (Å²) in [6.45, 7) is 0.189. The first kappa shape index (κ1) is 17.0. The van der Waals surface area contributed by atoms with Crippen molar-refractivity contribution in [3.05, 3.63) is 64.7 Å². The highest BCUT2D eigenvalue weighted by Crippen LogP contribution is 2.18. The third-order valence-electron chi connectivity index (χ3n) is 3.26. The number of ether oxygens (including phenoxy) is 1. The topological polar surface area (TPSA) is 121 Å². The predicted octanol–water partition coefficient (Wildman–Crippen LogP) is 2.40. The van der Waals surface area contributed by atoms with E-state index in [4.69, 9.17) is 20.1 Å². The second-order valence-electron chi connectivity index (χ2n) is 4.96. The highest BCUT2D eigenvalue weighted by atomic mass is 16.5. The van der Waals surface area contributed by atoms with Crippen LogP contribution in [-0.4, -0.2) is 39.8 Å². The van der Waals surface area contributed by atoms with Gasteiger partial charge in [0.1, 0.15) is 5.75 Å². The molecule has 124 valence electrons. The van der Waals surface area contributed by atoms with Crippen LogP contribution < -0.4 is 4.74 Å². The van der Waals surface area contributed by atoms with E-state index in [-0.39, 0.29) is 29.0 Å². The summed E-state index contributed by atoms with van der Waals surface area (Å²) in [6, 6.07) is 9.83. The van der Waals surface area contributed by atoms with Gasteiger partial charge in [0, 0.05) is 6.42 Å². The van der Waals surface area contributed by atoms with Crippen molar-refractivity contribution in [3.63, 3.8) is 0 Å². The van der Waals surface area contributed by atoms with Gasteiger partial charge in [-0.25, -0.2) is 14.4 Å². The van der Waals surface area contributed by atoms with Crippen molar-refractivity contribution in [3.8, 4) is 5.75 Å². The molecule has 2 rings (SSSR count). The van der Waals surface area contributed by atoms with Crippen molar-refractivity contribution in [2.75, 3.05) is 6.61 Å². The number of benzene rings is 2. The summed E-state index contributed by atoms with van der Waals surface area (Å²) in [6.07, 6.45) is 0.458. The molecule has 2 aromatic rings. The summed E-state index contributed by atoms with van der Waals surface area (Å²) < 4.78 is 5.43.